The molecule has 7 aromatic carbocycles. The van der Waals surface area contributed by atoms with Crippen molar-refractivity contribution in [3.8, 4) is 5.69 Å². The van der Waals surface area contributed by atoms with Crippen molar-refractivity contribution in [2.24, 2.45) is 0 Å². The van der Waals surface area contributed by atoms with Crippen LogP contribution in [0.3, 0.4) is 0 Å². The lowest BCUT2D eigenvalue weighted by Gasteiger charge is -2.40. The highest BCUT2D eigenvalue weighted by Crippen LogP contribution is 2.40. The lowest BCUT2D eigenvalue weighted by molar-refractivity contribution is 0.402. The van der Waals surface area contributed by atoms with Gasteiger partial charge in [-0.15, -0.1) is 0 Å². The first-order valence-electron chi connectivity index (χ1n) is 19.5. The molecule has 12 rings (SSSR count). The third-order valence-electron chi connectivity index (χ3n) is 12.0. The number of hydrogen-bond acceptors (Lipinski definition) is 3. The molecular formula is C51H33FN4SSi. The van der Waals surface area contributed by atoms with Crippen molar-refractivity contribution in [3.63, 3.8) is 0 Å². The second kappa shape index (κ2) is 12.9. The summed E-state index contributed by atoms with van der Waals surface area (Å²) in [6.07, 6.45) is 4.51. The van der Waals surface area contributed by atoms with Crippen LogP contribution in [0.4, 0.5) is 4.39 Å². The number of fused-ring (bicyclic) bond motifs is 12. The summed E-state index contributed by atoms with van der Waals surface area (Å²) in [6.45, 7) is 0. The molecule has 0 spiro atoms. The van der Waals surface area contributed by atoms with Crippen molar-refractivity contribution in [2.45, 2.75) is 16.0 Å². The van der Waals surface area contributed by atoms with E-state index in [4.69, 9.17) is 9.97 Å². The van der Waals surface area contributed by atoms with Crippen molar-refractivity contribution in [2.75, 3.05) is 0 Å². The van der Waals surface area contributed by atoms with E-state index in [-0.39, 0.29) is 0 Å². The van der Waals surface area contributed by atoms with Gasteiger partial charge in [-0.05, 0) is 73.7 Å². The number of para-hydroxylation sites is 2. The van der Waals surface area contributed by atoms with Gasteiger partial charge in [0.15, 0.2) is 14.2 Å². The SMILES string of the molecule is FC(c1cccc(-n2c3ccccc3c3c4c(cnc32)Sc2ccccc2[Si]4(c2ccccc2)c2ccccc2)c1)c1ccc2c3ccccc3n3ccnc3c2c1. The molecular weight excluding hydrogens is 748 g/mol. The average molecular weight is 781 g/mol. The summed E-state index contributed by atoms with van der Waals surface area (Å²) in [6, 6.07) is 61.9. The fourth-order valence-corrected chi connectivity index (χ4v) is 16.8. The summed E-state index contributed by atoms with van der Waals surface area (Å²) in [4.78, 5) is 12.5. The van der Waals surface area contributed by atoms with Crippen molar-refractivity contribution >= 4 is 89.8 Å². The summed E-state index contributed by atoms with van der Waals surface area (Å²) in [5, 5.41) is 10.8. The molecule has 0 aliphatic carbocycles. The van der Waals surface area contributed by atoms with Crippen LogP contribution in [0.2, 0.25) is 0 Å². The lowest BCUT2D eigenvalue weighted by atomic mass is 9.98. The zero-order chi connectivity index (χ0) is 38.4. The number of hydrogen-bond donors (Lipinski definition) is 0. The van der Waals surface area contributed by atoms with Crippen LogP contribution in [0.5, 0.6) is 0 Å². The third-order valence-corrected chi connectivity index (χ3v) is 18.4. The van der Waals surface area contributed by atoms with E-state index in [1.165, 1.54) is 30.5 Å². The van der Waals surface area contributed by atoms with E-state index in [0.717, 1.165) is 54.9 Å². The van der Waals surface area contributed by atoms with Crippen molar-refractivity contribution in [3.05, 3.63) is 206 Å². The highest BCUT2D eigenvalue weighted by atomic mass is 32.2. The van der Waals surface area contributed by atoms with Crippen LogP contribution in [0.25, 0.3) is 54.9 Å². The Bertz CT molecular complexity index is 3370. The second-order valence-corrected chi connectivity index (χ2v) is 19.8. The molecule has 274 valence electrons. The fraction of sp³-hybridized carbons (Fsp3) is 0.0196. The maximum absolute atomic E-state index is 17.1. The number of rotatable bonds is 5. The Labute approximate surface area is 338 Å². The van der Waals surface area contributed by atoms with Crippen molar-refractivity contribution in [1.82, 2.24) is 18.9 Å². The van der Waals surface area contributed by atoms with Crippen LogP contribution >= 0.6 is 11.8 Å². The third kappa shape index (κ3) is 4.68. The Balaban J connectivity index is 1.08. The molecule has 4 aromatic heterocycles. The molecule has 0 amide bonds. The van der Waals surface area contributed by atoms with Crippen LogP contribution < -0.4 is 20.7 Å². The number of benzene rings is 7. The number of imidazole rings is 1. The Hall–Kier alpha value is -6.80. The minimum absolute atomic E-state index is 0.586. The predicted molar refractivity (Wildman–Crippen MR) is 239 cm³/mol. The monoisotopic (exact) mass is 780 g/mol. The first-order valence-corrected chi connectivity index (χ1v) is 22.3. The maximum atomic E-state index is 17.1. The molecule has 11 aromatic rings. The molecule has 0 saturated heterocycles. The first kappa shape index (κ1) is 33.3. The van der Waals surface area contributed by atoms with E-state index in [9.17, 15) is 0 Å². The number of nitrogens with zero attached hydrogens (tertiary/aromatic N) is 4. The number of alkyl halides is 1. The van der Waals surface area contributed by atoms with Gasteiger partial charge in [-0.25, -0.2) is 14.4 Å². The van der Waals surface area contributed by atoms with E-state index < -0.39 is 14.2 Å². The molecule has 0 fully saturated rings. The molecule has 58 heavy (non-hydrogen) atoms. The average Bonchev–Trinajstić information content (AvgIpc) is 3.93. The van der Waals surface area contributed by atoms with Crippen molar-refractivity contribution in [1.29, 1.82) is 0 Å². The van der Waals surface area contributed by atoms with Gasteiger partial charge in [0.25, 0.3) is 0 Å². The summed E-state index contributed by atoms with van der Waals surface area (Å²) < 4.78 is 21.4. The van der Waals surface area contributed by atoms with Gasteiger partial charge in [0, 0.05) is 55.6 Å². The minimum Gasteiger partial charge on any atom is -0.299 e. The predicted octanol–water partition coefficient (Wildman–Crippen LogP) is 10.0. The Kier molecular flexibility index (Phi) is 7.39. The zero-order valence-electron chi connectivity index (χ0n) is 31.1. The molecule has 0 saturated carbocycles. The fourth-order valence-electron chi connectivity index (χ4n) is 9.64. The molecule has 4 nitrogen and oxygen atoms in total. The smallest absolute Gasteiger partial charge is 0.182 e. The lowest BCUT2D eigenvalue weighted by Crippen LogP contribution is -2.76. The van der Waals surface area contributed by atoms with E-state index in [0.29, 0.717) is 11.1 Å². The van der Waals surface area contributed by atoms with Gasteiger partial charge in [0.1, 0.15) is 11.3 Å². The van der Waals surface area contributed by atoms with E-state index in [1.54, 1.807) is 0 Å². The molecule has 1 unspecified atom stereocenters. The zero-order valence-corrected chi connectivity index (χ0v) is 32.9. The Morgan fingerprint density at radius 3 is 2.03 bits per heavy atom. The Morgan fingerprint density at radius 1 is 0.534 bits per heavy atom. The topological polar surface area (TPSA) is 35.1 Å². The molecule has 1 atom stereocenters. The van der Waals surface area contributed by atoms with Crippen LogP contribution in [-0.2, 0) is 0 Å². The highest BCUT2D eigenvalue weighted by Gasteiger charge is 2.48. The van der Waals surface area contributed by atoms with Crippen LogP contribution in [0.1, 0.15) is 17.3 Å². The van der Waals surface area contributed by atoms with Gasteiger partial charge in [0.2, 0.25) is 0 Å². The van der Waals surface area contributed by atoms with Gasteiger partial charge < -0.3 is 0 Å². The van der Waals surface area contributed by atoms with E-state index in [1.807, 2.05) is 72.7 Å². The quantitative estimate of drug-likeness (QED) is 0.129. The highest BCUT2D eigenvalue weighted by molar-refractivity contribution is 8.00. The second-order valence-electron chi connectivity index (χ2n) is 15.0. The summed E-state index contributed by atoms with van der Waals surface area (Å²) >= 11 is 1.82. The van der Waals surface area contributed by atoms with Gasteiger partial charge in [-0.3, -0.25) is 8.97 Å². The normalized spacial score (nSPS) is 13.9. The summed E-state index contributed by atoms with van der Waals surface area (Å²) in [5.41, 5.74) is 5.86. The van der Waals surface area contributed by atoms with Gasteiger partial charge in [0.05, 0.1) is 11.0 Å². The minimum atomic E-state index is -2.91. The molecule has 7 heteroatoms. The van der Waals surface area contributed by atoms with Crippen LogP contribution in [0.15, 0.2) is 204 Å². The van der Waals surface area contributed by atoms with Gasteiger partial charge in [-0.2, -0.15) is 0 Å². The number of halogens is 1. The van der Waals surface area contributed by atoms with E-state index >= 15 is 4.39 Å². The van der Waals surface area contributed by atoms with Gasteiger partial charge >= 0.3 is 0 Å². The standard InChI is InChI=1S/C51H33FN4SSi/c52-48(34-26-27-38-39-20-7-9-22-42(39)55-29-28-53-50(55)41(38)31-34)33-14-13-15-35(30-33)56-43-23-10-8-21-40(43)47-49-45(32-54-51(47)56)57-44-24-11-12-25-46(44)58(49,36-16-3-1-4-17-36)37-18-5-2-6-19-37/h1-32,48H. The van der Waals surface area contributed by atoms with E-state index in [2.05, 4.69) is 143 Å². The maximum Gasteiger partial charge on any atom is 0.182 e. The molecule has 1 aliphatic rings. The Morgan fingerprint density at radius 2 is 1.22 bits per heavy atom. The molecule has 0 N–H and O–H groups in total. The summed E-state index contributed by atoms with van der Waals surface area (Å²) in [7, 11) is -2.91. The number of aromatic nitrogens is 4. The number of pyridine rings is 2. The van der Waals surface area contributed by atoms with Crippen molar-refractivity contribution < 1.29 is 4.39 Å². The largest absolute Gasteiger partial charge is 0.299 e. The summed E-state index contributed by atoms with van der Waals surface area (Å²) in [5.74, 6) is 0. The molecule has 0 radical (unpaired) electrons. The van der Waals surface area contributed by atoms with Gasteiger partial charge in [-0.1, -0.05) is 151 Å². The molecule has 5 heterocycles. The molecule has 1 aliphatic heterocycles. The van der Waals surface area contributed by atoms with Crippen LogP contribution in [-0.4, -0.2) is 27.0 Å². The molecule has 0 bridgehead atoms. The first-order chi connectivity index (χ1) is 28.7. The van der Waals surface area contributed by atoms with Crippen LogP contribution in [0, 0.1) is 0 Å².